The molecule has 1 aromatic heterocycles. The number of aromatic nitrogens is 2. The van der Waals surface area contributed by atoms with Gasteiger partial charge in [-0.05, 0) is 53.9 Å². The molecule has 1 unspecified atom stereocenters. The number of carbonyl (C=O) groups excluding carboxylic acids is 1. The first-order valence-electron chi connectivity index (χ1n) is 9.92. The van der Waals surface area contributed by atoms with E-state index >= 15 is 0 Å². The Morgan fingerprint density at radius 2 is 1.88 bits per heavy atom. The number of benzene rings is 3. The number of hydrogen-bond donors (Lipinski definition) is 2. The van der Waals surface area contributed by atoms with Gasteiger partial charge in [0.15, 0.2) is 0 Å². The molecule has 0 fully saturated rings. The lowest BCUT2D eigenvalue weighted by molar-refractivity contribution is 0.0952. The Hall–Kier alpha value is -2.24. The van der Waals surface area contributed by atoms with Crippen LogP contribution in [0, 0.1) is 0 Å². The second-order valence-corrected chi connectivity index (χ2v) is 11.4. The molecule has 0 aliphatic rings. The van der Waals surface area contributed by atoms with Gasteiger partial charge in [0, 0.05) is 11.0 Å². The second-order valence-electron chi connectivity index (χ2n) is 7.47. The van der Waals surface area contributed by atoms with Gasteiger partial charge in [-0.2, -0.15) is 8.75 Å². The van der Waals surface area contributed by atoms with Gasteiger partial charge in [0.1, 0.15) is 15.9 Å². The third kappa shape index (κ3) is 5.36. The van der Waals surface area contributed by atoms with Crippen LogP contribution in [0.5, 0.6) is 0 Å². The van der Waals surface area contributed by atoms with E-state index in [1.165, 1.54) is 12.1 Å². The maximum absolute atomic E-state index is 13.2. The van der Waals surface area contributed by atoms with Crippen molar-refractivity contribution >= 4 is 83.5 Å². The van der Waals surface area contributed by atoms with Crippen molar-refractivity contribution in [1.29, 1.82) is 0 Å². The van der Waals surface area contributed by atoms with E-state index in [9.17, 15) is 13.2 Å². The van der Waals surface area contributed by atoms with Crippen LogP contribution in [0.3, 0.4) is 0 Å². The van der Waals surface area contributed by atoms with E-state index in [-0.39, 0.29) is 27.6 Å². The van der Waals surface area contributed by atoms with Gasteiger partial charge in [0.05, 0.1) is 33.0 Å². The van der Waals surface area contributed by atoms with Gasteiger partial charge >= 0.3 is 0 Å². The molecule has 176 valence electrons. The lowest BCUT2D eigenvalue weighted by atomic mass is 10.0. The molecule has 1 amide bonds. The normalized spacial score (nSPS) is 12.5. The molecule has 0 saturated carbocycles. The molecule has 3 aromatic carbocycles. The molecule has 12 heteroatoms. The van der Waals surface area contributed by atoms with Crippen LogP contribution in [-0.2, 0) is 10.0 Å². The fraction of sp³-hybridized carbons (Fsp3) is 0.136. The fourth-order valence-electron chi connectivity index (χ4n) is 3.27. The Labute approximate surface area is 219 Å². The van der Waals surface area contributed by atoms with E-state index in [0.29, 0.717) is 26.6 Å². The first-order valence-corrected chi connectivity index (χ1v) is 13.7. The van der Waals surface area contributed by atoms with Gasteiger partial charge in [0.25, 0.3) is 15.9 Å². The highest BCUT2D eigenvalue weighted by Crippen LogP contribution is 2.28. The number of nitrogens with one attached hydrogen (secondary N) is 2. The van der Waals surface area contributed by atoms with E-state index in [1.54, 1.807) is 36.4 Å². The second kappa shape index (κ2) is 10.2. The number of carbonyl (C=O) groups is 1. The third-order valence-corrected chi connectivity index (χ3v) is 8.26. The zero-order valence-electron chi connectivity index (χ0n) is 17.6. The van der Waals surface area contributed by atoms with Gasteiger partial charge in [-0.1, -0.05) is 58.2 Å². The van der Waals surface area contributed by atoms with Crippen molar-refractivity contribution in [3.05, 3.63) is 80.2 Å². The Morgan fingerprint density at radius 3 is 2.65 bits per heavy atom. The Kier molecular flexibility index (Phi) is 7.44. The topological polar surface area (TPSA) is 101 Å². The number of halogens is 3. The minimum Gasteiger partial charge on any atom is -0.351 e. The Balaban J connectivity index is 1.56. The average molecular weight is 600 g/mol. The van der Waals surface area contributed by atoms with Crippen molar-refractivity contribution in [2.45, 2.75) is 17.7 Å². The summed E-state index contributed by atoms with van der Waals surface area (Å²) in [6.07, 6.45) is 0. The highest BCUT2D eigenvalue weighted by atomic mass is 79.9. The van der Waals surface area contributed by atoms with Crippen LogP contribution in [0.25, 0.3) is 11.0 Å². The molecule has 7 nitrogen and oxygen atoms in total. The number of sulfonamides is 1. The number of nitrogens with zero attached hydrogens (tertiary/aromatic N) is 2. The first kappa shape index (κ1) is 24.9. The quantitative estimate of drug-likeness (QED) is 0.267. The lowest BCUT2D eigenvalue weighted by Crippen LogP contribution is -2.28. The van der Waals surface area contributed by atoms with Crippen LogP contribution in [0.2, 0.25) is 10.0 Å². The largest absolute Gasteiger partial charge is 0.351 e. The average Bonchev–Trinajstić information content (AvgIpc) is 3.27. The number of hydrogen-bond acceptors (Lipinski definition) is 6. The zero-order valence-corrected chi connectivity index (χ0v) is 22.3. The van der Waals surface area contributed by atoms with Crippen molar-refractivity contribution in [2.75, 3.05) is 11.3 Å². The number of rotatable bonds is 7. The summed E-state index contributed by atoms with van der Waals surface area (Å²) in [5.74, 6) is -0.477. The number of fused-ring (bicyclic) bond motifs is 1. The maximum atomic E-state index is 13.2. The van der Waals surface area contributed by atoms with Crippen molar-refractivity contribution in [2.24, 2.45) is 0 Å². The molecule has 34 heavy (non-hydrogen) atoms. The van der Waals surface area contributed by atoms with Gasteiger partial charge in [-0.25, -0.2) is 8.42 Å². The summed E-state index contributed by atoms with van der Waals surface area (Å²) in [5, 5.41) is 3.75. The molecule has 1 heterocycles. The summed E-state index contributed by atoms with van der Waals surface area (Å²) < 4.78 is 37.7. The van der Waals surface area contributed by atoms with Crippen LogP contribution < -0.4 is 10.0 Å². The fourth-order valence-corrected chi connectivity index (χ4v) is 5.78. The van der Waals surface area contributed by atoms with E-state index in [4.69, 9.17) is 23.2 Å². The summed E-state index contributed by atoms with van der Waals surface area (Å²) in [7, 11) is -4.04. The monoisotopic (exact) mass is 598 g/mol. The van der Waals surface area contributed by atoms with Crippen molar-refractivity contribution in [3.8, 4) is 0 Å². The summed E-state index contributed by atoms with van der Waals surface area (Å²) in [6.45, 7) is 2.25. The predicted molar refractivity (Wildman–Crippen MR) is 140 cm³/mol. The molecule has 0 radical (unpaired) electrons. The zero-order chi connectivity index (χ0) is 24.5. The lowest BCUT2D eigenvalue weighted by Gasteiger charge is -2.16. The minimum atomic E-state index is -4.04. The molecular formula is C22H17BrCl2N4O3S2. The van der Waals surface area contributed by atoms with Crippen LogP contribution in [0.15, 0.2) is 64.0 Å². The van der Waals surface area contributed by atoms with E-state index < -0.39 is 15.9 Å². The molecule has 4 rings (SSSR count). The van der Waals surface area contributed by atoms with Crippen LogP contribution in [-0.4, -0.2) is 29.6 Å². The molecule has 4 aromatic rings. The van der Waals surface area contributed by atoms with Crippen molar-refractivity contribution in [1.82, 2.24) is 14.1 Å². The number of anilines is 1. The van der Waals surface area contributed by atoms with E-state index in [2.05, 4.69) is 34.7 Å². The third-order valence-electron chi connectivity index (χ3n) is 5.09. The smallest absolute Gasteiger partial charge is 0.264 e. The molecule has 0 spiro atoms. The SMILES string of the molecule is CC(CNC(=O)c1ccc(Br)cc1NS(=O)(=O)c1cccc2nsnc12)c1ccc(Cl)c(Cl)c1. The van der Waals surface area contributed by atoms with E-state index in [1.807, 2.05) is 13.0 Å². The summed E-state index contributed by atoms with van der Waals surface area (Å²) in [4.78, 5) is 13.0. The molecule has 1 atom stereocenters. The summed E-state index contributed by atoms with van der Waals surface area (Å²) in [6, 6.07) is 14.8. The van der Waals surface area contributed by atoms with Gasteiger partial charge in [-0.15, -0.1) is 0 Å². The highest BCUT2D eigenvalue weighted by Gasteiger charge is 2.23. The molecule has 2 N–H and O–H groups in total. The molecule has 0 bridgehead atoms. The van der Waals surface area contributed by atoms with Crippen LogP contribution >= 0.6 is 50.9 Å². The molecule has 0 saturated heterocycles. The van der Waals surface area contributed by atoms with Crippen LogP contribution in [0.1, 0.15) is 28.8 Å². The molecular weight excluding hydrogens is 583 g/mol. The number of amides is 1. The van der Waals surface area contributed by atoms with Gasteiger partial charge in [0.2, 0.25) is 0 Å². The molecule has 0 aliphatic carbocycles. The summed E-state index contributed by atoms with van der Waals surface area (Å²) >= 11 is 16.3. The molecule has 0 aliphatic heterocycles. The maximum Gasteiger partial charge on any atom is 0.264 e. The summed E-state index contributed by atoms with van der Waals surface area (Å²) in [5.41, 5.74) is 1.98. The van der Waals surface area contributed by atoms with Crippen molar-refractivity contribution < 1.29 is 13.2 Å². The first-order chi connectivity index (χ1) is 16.2. The Morgan fingerprint density at radius 1 is 1.09 bits per heavy atom. The van der Waals surface area contributed by atoms with Crippen molar-refractivity contribution in [3.63, 3.8) is 0 Å². The van der Waals surface area contributed by atoms with Gasteiger partial charge < -0.3 is 5.32 Å². The highest BCUT2D eigenvalue weighted by molar-refractivity contribution is 9.10. The predicted octanol–water partition coefficient (Wildman–Crippen LogP) is 6.09. The standard InChI is InChI=1S/C22H17BrCl2N4O3S2/c1-12(13-5-8-16(24)17(25)9-13)11-26-22(30)15-7-6-14(23)10-19(15)29-34(31,32)20-4-2-3-18-21(20)28-33-27-18/h2-10,12,29H,11H2,1H3,(H,26,30). The van der Waals surface area contributed by atoms with E-state index in [0.717, 1.165) is 17.3 Å². The Bertz CT molecular complexity index is 1490. The van der Waals surface area contributed by atoms with Crippen LogP contribution in [0.4, 0.5) is 5.69 Å². The minimum absolute atomic E-state index is 0.0154. The van der Waals surface area contributed by atoms with Gasteiger partial charge in [-0.3, -0.25) is 9.52 Å².